The van der Waals surface area contributed by atoms with Gasteiger partial charge in [0.05, 0.1) is 17.1 Å². The van der Waals surface area contributed by atoms with Gasteiger partial charge in [-0.15, -0.1) is 11.6 Å². The number of pyridine rings is 1. The van der Waals surface area contributed by atoms with E-state index < -0.39 is 0 Å². The molecule has 5 heteroatoms. The smallest absolute Gasteiger partial charge is 0.129 e. The Morgan fingerprint density at radius 2 is 2.12 bits per heavy atom. The quantitative estimate of drug-likeness (QED) is 0.387. The number of aromatic nitrogens is 1. The van der Waals surface area contributed by atoms with E-state index in [0.29, 0.717) is 16.7 Å². The van der Waals surface area contributed by atoms with E-state index in [4.69, 9.17) is 28.9 Å². The van der Waals surface area contributed by atoms with Gasteiger partial charge >= 0.3 is 0 Å². The predicted octanol–water partition coefficient (Wildman–Crippen LogP) is 3.12. The summed E-state index contributed by atoms with van der Waals surface area (Å²) in [5.41, 5.74) is 7.00. The molecular weight excluding hydrogens is 245 g/mol. The Labute approximate surface area is 103 Å². The van der Waals surface area contributed by atoms with Crippen LogP contribution in [0, 0.1) is 0 Å². The summed E-state index contributed by atoms with van der Waals surface area (Å²) < 4.78 is 0. The lowest BCUT2D eigenvalue weighted by molar-refractivity contribution is 1.38. The summed E-state index contributed by atoms with van der Waals surface area (Å²) in [6, 6.07) is 9.28. The van der Waals surface area contributed by atoms with Crippen LogP contribution in [0.4, 0.5) is 5.69 Å². The van der Waals surface area contributed by atoms with Crippen molar-refractivity contribution in [2.75, 3.05) is 5.88 Å². The average molecular weight is 254 g/mol. The Kier molecular flexibility index (Phi) is 3.27. The van der Waals surface area contributed by atoms with E-state index in [-0.39, 0.29) is 5.88 Å². The molecule has 16 heavy (non-hydrogen) atoms. The third-order valence-corrected chi connectivity index (χ3v) is 2.55. The molecule has 3 nitrogen and oxygen atoms in total. The van der Waals surface area contributed by atoms with E-state index in [0.717, 1.165) is 10.9 Å². The number of nitrogens with zero attached hydrogens (tertiary/aromatic N) is 2. The maximum Gasteiger partial charge on any atom is 0.129 e. The molecule has 0 saturated heterocycles. The first-order valence-corrected chi connectivity index (χ1v) is 5.56. The summed E-state index contributed by atoms with van der Waals surface area (Å²) in [4.78, 5) is 8.41. The number of benzene rings is 1. The number of amidine groups is 1. The van der Waals surface area contributed by atoms with Gasteiger partial charge in [0, 0.05) is 5.39 Å². The molecule has 0 saturated carbocycles. The maximum absolute atomic E-state index is 5.84. The van der Waals surface area contributed by atoms with Gasteiger partial charge in [0.25, 0.3) is 0 Å². The topological polar surface area (TPSA) is 51.3 Å². The fourth-order valence-electron chi connectivity index (χ4n) is 1.38. The number of nitrogens with two attached hydrogens (primary N) is 1. The van der Waals surface area contributed by atoms with Crippen LogP contribution < -0.4 is 5.73 Å². The maximum atomic E-state index is 5.84. The van der Waals surface area contributed by atoms with Crippen LogP contribution in [-0.2, 0) is 0 Å². The monoisotopic (exact) mass is 253 g/mol. The van der Waals surface area contributed by atoms with Crippen LogP contribution in [0.5, 0.6) is 0 Å². The third kappa shape index (κ3) is 2.26. The van der Waals surface area contributed by atoms with E-state index in [2.05, 4.69) is 9.98 Å². The molecule has 2 N–H and O–H groups in total. The highest BCUT2D eigenvalue weighted by molar-refractivity contribution is 6.30. The average Bonchev–Trinajstić information content (AvgIpc) is 2.29. The number of hydrogen-bond acceptors (Lipinski definition) is 2. The van der Waals surface area contributed by atoms with Crippen molar-refractivity contribution in [1.82, 2.24) is 4.98 Å². The normalized spacial score (nSPS) is 12.0. The zero-order valence-corrected chi connectivity index (χ0v) is 9.83. The van der Waals surface area contributed by atoms with Crippen molar-refractivity contribution in [2.45, 2.75) is 0 Å². The van der Waals surface area contributed by atoms with E-state index in [1.165, 1.54) is 0 Å². The van der Waals surface area contributed by atoms with E-state index in [1.807, 2.05) is 24.3 Å². The van der Waals surface area contributed by atoms with Gasteiger partial charge in [0.1, 0.15) is 11.0 Å². The molecule has 0 radical (unpaired) electrons. The molecule has 1 aromatic carbocycles. The Bertz CT molecular complexity index is 552. The standard InChI is InChI=1S/C11H9Cl2N3/c12-6-10(14)15-8-3-1-2-7-4-5-9(13)16-11(7)8/h1-5H,6H2,(H2,14,15). The molecule has 0 aliphatic rings. The minimum Gasteiger partial charge on any atom is -0.386 e. The van der Waals surface area contributed by atoms with Crippen molar-refractivity contribution in [3.05, 3.63) is 35.5 Å². The van der Waals surface area contributed by atoms with Crippen molar-refractivity contribution < 1.29 is 0 Å². The Morgan fingerprint density at radius 3 is 2.88 bits per heavy atom. The third-order valence-electron chi connectivity index (χ3n) is 2.07. The first-order chi connectivity index (χ1) is 7.70. The highest BCUT2D eigenvalue weighted by Gasteiger charge is 2.02. The minimum atomic E-state index is 0.191. The molecule has 1 aromatic heterocycles. The highest BCUT2D eigenvalue weighted by atomic mass is 35.5. The molecule has 0 amide bonds. The molecule has 0 aliphatic heterocycles. The summed E-state index contributed by atoms with van der Waals surface area (Å²) in [6.45, 7) is 0. The lowest BCUT2D eigenvalue weighted by Gasteiger charge is -2.02. The fourth-order valence-corrected chi connectivity index (χ4v) is 1.59. The number of hydrogen-bond donors (Lipinski definition) is 1. The summed E-state index contributed by atoms with van der Waals surface area (Å²) in [6.07, 6.45) is 0. The second-order valence-electron chi connectivity index (χ2n) is 3.22. The largest absolute Gasteiger partial charge is 0.386 e. The van der Waals surface area contributed by atoms with E-state index in [9.17, 15) is 0 Å². The Morgan fingerprint density at radius 1 is 1.31 bits per heavy atom. The lowest BCUT2D eigenvalue weighted by Crippen LogP contribution is -2.12. The first kappa shape index (κ1) is 11.2. The van der Waals surface area contributed by atoms with Crippen LogP contribution in [0.15, 0.2) is 35.3 Å². The van der Waals surface area contributed by atoms with Crippen molar-refractivity contribution >= 4 is 45.6 Å². The molecule has 0 fully saturated rings. The number of halogens is 2. The van der Waals surface area contributed by atoms with Gasteiger partial charge < -0.3 is 5.73 Å². The van der Waals surface area contributed by atoms with E-state index in [1.54, 1.807) is 6.07 Å². The first-order valence-electron chi connectivity index (χ1n) is 4.65. The number of rotatable bonds is 2. The lowest BCUT2D eigenvalue weighted by atomic mass is 10.2. The van der Waals surface area contributed by atoms with Gasteiger partial charge in [0.15, 0.2) is 0 Å². The Hall–Kier alpha value is -1.32. The molecule has 0 aliphatic carbocycles. The van der Waals surface area contributed by atoms with Crippen LogP contribution >= 0.6 is 23.2 Å². The summed E-state index contributed by atoms with van der Waals surface area (Å²) >= 11 is 11.4. The summed E-state index contributed by atoms with van der Waals surface area (Å²) in [7, 11) is 0. The molecule has 82 valence electrons. The molecular formula is C11H9Cl2N3. The van der Waals surface area contributed by atoms with Crippen LogP contribution in [0.3, 0.4) is 0 Å². The number of fused-ring (bicyclic) bond motifs is 1. The van der Waals surface area contributed by atoms with Crippen molar-refractivity contribution in [3.8, 4) is 0 Å². The summed E-state index contributed by atoms with van der Waals surface area (Å²) in [5, 5.41) is 1.40. The number of para-hydroxylation sites is 1. The molecule has 0 bridgehead atoms. The second-order valence-corrected chi connectivity index (χ2v) is 3.87. The second kappa shape index (κ2) is 4.68. The SMILES string of the molecule is NC(CCl)=Nc1cccc2ccc(Cl)nc12. The summed E-state index contributed by atoms with van der Waals surface area (Å²) in [5.74, 6) is 0.549. The van der Waals surface area contributed by atoms with Crippen molar-refractivity contribution in [3.63, 3.8) is 0 Å². The van der Waals surface area contributed by atoms with Gasteiger partial charge in [-0.25, -0.2) is 9.98 Å². The number of alkyl halides is 1. The fraction of sp³-hybridized carbons (Fsp3) is 0.0909. The molecule has 2 rings (SSSR count). The zero-order valence-electron chi connectivity index (χ0n) is 8.32. The molecule has 1 heterocycles. The van der Waals surface area contributed by atoms with E-state index >= 15 is 0 Å². The van der Waals surface area contributed by atoms with Gasteiger partial charge in [-0.1, -0.05) is 23.7 Å². The van der Waals surface area contributed by atoms with Gasteiger partial charge in [-0.2, -0.15) is 0 Å². The van der Waals surface area contributed by atoms with Crippen LogP contribution in [-0.4, -0.2) is 16.7 Å². The minimum absolute atomic E-state index is 0.191. The Balaban J connectivity index is 2.65. The predicted molar refractivity (Wildman–Crippen MR) is 68.8 cm³/mol. The van der Waals surface area contributed by atoms with Gasteiger partial charge in [-0.3, -0.25) is 0 Å². The van der Waals surface area contributed by atoms with Crippen molar-refractivity contribution in [1.29, 1.82) is 0 Å². The van der Waals surface area contributed by atoms with Gasteiger partial charge in [-0.05, 0) is 18.2 Å². The van der Waals surface area contributed by atoms with Crippen LogP contribution in [0.2, 0.25) is 5.15 Å². The molecule has 0 unspecified atom stereocenters. The molecule has 2 aromatic rings. The zero-order chi connectivity index (χ0) is 11.5. The molecule has 0 spiro atoms. The van der Waals surface area contributed by atoms with Gasteiger partial charge in [0.2, 0.25) is 0 Å². The van der Waals surface area contributed by atoms with Crippen LogP contribution in [0.25, 0.3) is 10.9 Å². The van der Waals surface area contributed by atoms with Crippen LogP contribution in [0.1, 0.15) is 0 Å². The number of aliphatic imine (C=N–C) groups is 1. The van der Waals surface area contributed by atoms with Crippen molar-refractivity contribution in [2.24, 2.45) is 10.7 Å². The highest BCUT2D eigenvalue weighted by Crippen LogP contribution is 2.25. The molecule has 0 atom stereocenters.